The maximum Gasteiger partial charge on any atom is 0.309 e. The van der Waals surface area contributed by atoms with Crippen molar-refractivity contribution in [1.29, 1.82) is 0 Å². The first-order valence-corrected chi connectivity index (χ1v) is 7.96. The van der Waals surface area contributed by atoms with Crippen molar-refractivity contribution in [2.24, 2.45) is 0 Å². The summed E-state index contributed by atoms with van der Waals surface area (Å²) in [5.74, 6) is -0.703. The first-order valence-electron chi connectivity index (χ1n) is 7.58. The number of hydrogen-bond acceptors (Lipinski definition) is 3. The van der Waals surface area contributed by atoms with Gasteiger partial charge in [-0.25, -0.2) is 0 Å². The van der Waals surface area contributed by atoms with Crippen molar-refractivity contribution in [1.82, 2.24) is 10.6 Å². The van der Waals surface area contributed by atoms with Crippen LogP contribution >= 0.6 is 11.6 Å². The number of ether oxygens (including phenoxy) is 1. The third-order valence-corrected chi connectivity index (χ3v) is 3.58. The Balaban J connectivity index is 1.70. The van der Waals surface area contributed by atoms with Crippen LogP contribution in [0.25, 0.3) is 0 Å². The summed E-state index contributed by atoms with van der Waals surface area (Å²) >= 11 is 5.78. The topological polar surface area (TPSA) is 67.4 Å². The Kier molecular flexibility index (Phi) is 6.63. The van der Waals surface area contributed by atoms with Gasteiger partial charge in [-0.1, -0.05) is 41.9 Å². The highest BCUT2D eigenvalue weighted by molar-refractivity contribution is 6.35. The van der Waals surface area contributed by atoms with E-state index in [2.05, 4.69) is 10.6 Å². The van der Waals surface area contributed by atoms with Crippen LogP contribution in [-0.4, -0.2) is 25.0 Å². The number of nitrogens with one attached hydrogen (secondary N) is 2. The lowest BCUT2D eigenvalue weighted by atomic mass is 10.1. The predicted octanol–water partition coefficient (Wildman–Crippen LogP) is 2.71. The minimum absolute atomic E-state index is 0.231. The number of carbonyl (C=O) groups is 2. The largest absolute Gasteiger partial charge is 0.492 e. The molecule has 0 saturated heterocycles. The van der Waals surface area contributed by atoms with Crippen molar-refractivity contribution >= 4 is 23.4 Å². The molecule has 6 heteroatoms. The van der Waals surface area contributed by atoms with Crippen LogP contribution in [-0.2, 0) is 9.59 Å². The van der Waals surface area contributed by atoms with E-state index in [-0.39, 0.29) is 19.2 Å². The van der Waals surface area contributed by atoms with Crippen LogP contribution in [0.4, 0.5) is 0 Å². The van der Waals surface area contributed by atoms with Gasteiger partial charge in [0.05, 0.1) is 12.6 Å². The van der Waals surface area contributed by atoms with Crippen molar-refractivity contribution in [2.75, 3.05) is 13.2 Å². The highest BCUT2D eigenvalue weighted by atomic mass is 35.5. The summed E-state index contributed by atoms with van der Waals surface area (Å²) in [7, 11) is 0. The highest BCUT2D eigenvalue weighted by Crippen LogP contribution is 2.15. The number of halogens is 1. The fraction of sp³-hybridized carbons (Fsp3) is 0.222. The van der Waals surface area contributed by atoms with Crippen LogP contribution in [0.5, 0.6) is 5.75 Å². The van der Waals surface area contributed by atoms with Crippen LogP contribution in [0.15, 0.2) is 54.6 Å². The fourth-order valence-electron chi connectivity index (χ4n) is 2.03. The molecule has 2 N–H and O–H groups in total. The summed E-state index contributed by atoms with van der Waals surface area (Å²) in [4.78, 5) is 23.6. The first-order chi connectivity index (χ1) is 11.6. The molecule has 2 aromatic carbocycles. The lowest BCUT2D eigenvalue weighted by molar-refractivity contribution is -0.139. The molecule has 24 heavy (non-hydrogen) atoms. The van der Waals surface area contributed by atoms with E-state index in [0.29, 0.717) is 10.8 Å². The Morgan fingerprint density at radius 1 is 1.04 bits per heavy atom. The standard InChI is InChI=1S/C18H19ClN2O3/c1-13(14-5-3-2-4-6-14)21-18(23)17(22)20-11-12-24-16-9-7-15(19)8-10-16/h2-10,13H,11-12H2,1H3,(H,20,22)(H,21,23). The van der Waals surface area contributed by atoms with Crippen molar-refractivity contribution in [3.05, 3.63) is 65.2 Å². The van der Waals surface area contributed by atoms with Crippen molar-refractivity contribution in [2.45, 2.75) is 13.0 Å². The van der Waals surface area contributed by atoms with Gasteiger partial charge in [0.1, 0.15) is 12.4 Å². The van der Waals surface area contributed by atoms with E-state index < -0.39 is 11.8 Å². The predicted molar refractivity (Wildman–Crippen MR) is 93.0 cm³/mol. The van der Waals surface area contributed by atoms with Crippen molar-refractivity contribution in [3.63, 3.8) is 0 Å². The first kappa shape index (κ1) is 17.8. The molecule has 0 aliphatic rings. The molecule has 0 heterocycles. The summed E-state index contributed by atoms with van der Waals surface area (Å²) in [5.41, 5.74) is 0.935. The molecule has 0 radical (unpaired) electrons. The SMILES string of the molecule is CC(NC(=O)C(=O)NCCOc1ccc(Cl)cc1)c1ccccc1. The zero-order valence-corrected chi connectivity index (χ0v) is 14.0. The Morgan fingerprint density at radius 3 is 2.38 bits per heavy atom. The van der Waals surface area contributed by atoms with E-state index >= 15 is 0 Å². The van der Waals surface area contributed by atoms with Crippen molar-refractivity contribution < 1.29 is 14.3 Å². The number of carbonyl (C=O) groups excluding carboxylic acids is 2. The molecule has 0 aliphatic carbocycles. The molecule has 1 atom stereocenters. The maximum absolute atomic E-state index is 11.8. The van der Waals surface area contributed by atoms with Crippen LogP contribution < -0.4 is 15.4 Å². The Labute approximate surface area is 146 Å². The molecule has 2 amide bonds. The minimum Gasteiger partial charge on any atom is -0.492 e. The Hall–Kier alpha value is -2.53. The minimum atomic E-state index is -0.683. The molecule has 0 fully saturated rings. The molecule has 0 bridgehead atoms. The average molecular weight is 347 g/mol. The number of benzene rings is 2. The molecule has 0 aliphatic heterocycles. The molecular weight excluding hydrogens is 328 g/mol. The quantitative estimate of drug-likeness (QED) is 0.624. The normalized spacial score (nSPS) is 11.4. The monoisotopic (exact) mass is 346 g/mol. The van der Waals surface area contributed by atoms with E-state index in [4.69, 9.17) is 16.3 Å². The van der Waals surface area contributed by atoms with Gasteiger partial charge in [0.15, 0.2) is 0 Å². The van der Waals surface area contributed by atoms with Crippen LogP contribution in [0, 0.1) is 0 Å². The fourth-order valence-corrected chi connectivity index (χ4v) is 2.16. The molecule has 5 nitrogen and oxygen atoms in total. The van der Waals surface area contributed by atoms with Crippen molar-refractivity contribution in [3.8, 4) is 5.75 Å². The molecule has 126 valence electrons. The van der Waals surface area contributed by atoms with Gasteiger partial charge in [0.2, 0.25) is 0 Å². The zero-order valence-electron chi connectivity index (χ0n) is 13.3. The van der Waals surface area contributed by atoms with Gasteiger partial charge in [-0.05, 0) is 36.8 Å². The van der Waals surface area contributed by atoms with Crippen LogP contribution in [0.1, 0.15) is 18.5 Å². The lowest BCUT2D eigenvalue weighted by Gasteiger charge is -2.14. The maximum atomic E-state index is 11.8. The summed E-state index contributed by atoms with van der Waals surface area (Å²) in [5, 5.41) is 5.80. The second kappa shape index (κ2) is 8.93. The third kappa shape index (κ3) is 5.59. The van der Waals surface area contributed by atoms with Crippen LogP contribution in [0.3, 0.4) is 0 Å². The van der Waals surface area contributed by atoms with E-state index in [9.17, 15) is 9.59 Å². The molecular formula is C18H19ClN2O3. The summed E-state index contributed by atoms with van der Waals surface area (Å²) in [6.45, 7) is 2.31. The second-order valence-corrected chi connectivity index (χ2v) is 5.60. The van der Waals surface area contributed by atoms with E-state index in [1.54, 1.807) is 24.3 Å². The molecule has 2 aromatic rings. The molecule has 1 unspecified atom stereocenters. The Morgan fingerprint density at radius 2 is 1.71 bits per heavy atom. The van der Waals surface area contributed by atoms with Gasteiger partial charge >= 0.3 is 11.8 Å². The van der Waals surface area contributed by atoms with Gasteiger partial charge in [-0.15, -0.1) is 0 Å². The van der Waals surface area contributed by atoms with E-state index in [1.807, 2.05) is 37.3 Å². The third-order valence-electron chi connectivity index (χ3n) is 3.32. The summed E-state index contributed by atoms with van der Waals surface area (Å²) < 4.78 is 5.44. The molecule has 0 aromatic heterocycles. The lowest BCUT2D eigenvalue weighted by Crippen LogP contribution is -2.42. The smallest absolute Gasteiger partial charge is 0.309 e. The number of amides is 2. The molecule has 2 rings (SSSR count). The van der Waals surface area contributed by atoms with Gasteiger partial charge in [-0.3, -0.25) is 9.59 Å². The van der Waals surface area contributed by atoms with E-state index in [0.717, 1.165) is 5.56 Å². The summed E-state index contributed by atoms with van der Waals surface area (Å²) in [6.07, 6.45) is 0. The number of hydrogen-bond donors (Lipinski definition) is 2. The van der Waals surface area contributed by atoms with E-state index in [1.165, 1.54) is 0 Å². The van der Waals surface area contributed by atoms with Gasteiger partial charge in [-0.2, -0.15) is 0 Å². The average Bonchev–Trinajstić information content (AvgIpc) is 2.60. The second-order valence-electron chi connectivity index (χ2n) is 5.16. The number of rotatable bonds is 6. The van der Waals surface area contributed by atoms with Crippen LogP contribution in [0.2, 0.25) is 5.02 Å². The zero-order chi connectivity index (χ0) is 17.4. The Bertz CT molecular complexity index is 674. The molecule has 0 saturated carbocycles. The summed E-state index contributed by atoms with van der Waals surface area (Å²) in [6, 6.07) is 16.1. The van der Waals surface area contributed by atoms with Gasteiger partial charge < -0.3 is 15.4 Å². The highest BCUT2D eigenvalue weighted by Gasteiger charge is 2.16. The van der Waals surface area contributed by atoms with Gasteiger partial charge in [0, 0.05) is 5.02 Å². The van der Waals surface area contributed by atoms with Gasteiger partial charge in [0.25, 0.3) is 0 Å². The molecule has 0 spiro atoms.